The first-order valence-electron chi connectivity index (χ1n) is 9.15. The fraction of sp³-hybridized carbons (Fsp3) is 0.364. The van der Waals surface area contributed by atoms with E-state index < -0.39 is 0 Å². The molecule has 0 spiro atoms. The summed E-state index contributed by atoms with van der Waals surface area (Å²) in [5, 5.41) is 0. The SMILES string of the molecule is CCC(C)=O.CCC(C)C(C)=O.POc1ccccc1.POc1ccccc1. The lowest BCUT2D eigenvalue weighted by Gasteiger charge is -1.98. The molecule has 0 aliphatic carbocycles. The number of ketones is 2. The topological polar surface area (TPSA) is 52.6 Å². The molecule has 2 aromatic carbocycles. The predicted molar refractivity (Wildman–Crippen MR) is 125 cm³/mol. The monoisotopic (exact) mass is 424 g/mol. The Labute approximate surface area is 175 Å². The lowest BCUT2D eigenvalue weighted by Crippen LogP contribution is -2.03. The Balaban J connectivity index is 0. The van der Waals surface area contributed by atoms with Gasteiger partial charge in [0.05, 0.1) is 18.9 Å². The number of Topliss-reactive ketones (excluding diaryl/α,β-unsaturated/α-hetero) is 2. The molecule has 3 atom stereocenters. The van der Waals surface area contributed by atoms with Gasteiger partial charge in [0.25, 0.3) is 0 Å². The Morgan fingerprint density at radius 1 is 0.821 bits per heavy atom. The molecule has 0 amide bonds. The van der Waals surface area contributed by atoms with E-state index in [0.29, 0.717) is 12.2 Å². The Bertz CT molecular complexity index is 579. The molecule has 0 aliphatic rings. The molecule has 0 saturated carbocycles. The van der Waals surface area contributed by atoms with Crippen LogP contribution in [0, 0.1) is 5.92 Å². The molecule has 0 radical (unpaired) electrons. The molecule has 2 aromatic rings. The largest absolute Gasteiger partial charge is 0.480 e. The van der Waals surface area contributed by atoms with Crippen LogP contribution in [0.1, 0.15) is 47.5 Å². The van der Waals surface area contributed by atoms with Crippen molar-refractivity contribution in [2.45, 2.75) is 47.5 Å². The van der Waals surface area contributed by atoms with Gasteiger partial charge in [-0.2, -0.15) is 0 Å². The Morgan fingerprint density at radius 2 is 1.14 bits per heavy atom. The molecule has 0 fully saturated rings. The Kier molecular flexibility index (Phi) is 20.3. The van der Waals surface area contributed by atoms with Gasteiger partial charge in [-0.3, -0.25) is 4.79 Å². The molecule has 0 N–H and O–H groups in total. The van der Waals surface area contributed by atoms with Crippen LogP contribution in [0.4, 0.5) is 0 Å². The van der Waals surface area contributed by atoms with Gasteiger partial charge in [0.2, 0.25) is 0 Å². The molecule has 3 unspecified atom stereocenters. The first-order chi connectivity index (χ1) is 13.3. The van der Waals surface area contributed by atoms with E-state index in [1.165, 1.54) is 0 Å². The second-order valence-electron chi connectivity index (χ2n) is 5.84. The van der Waals surface area contributed by atoms with E-state index in [4.69, 9.17) is 9.05 Å². The van der Waals surface area contributed by atoms with Crippen LogP contribution in [0.25, 0.3) is 0 Å². The van der Waals surface area contributed by atoms with Gasteiger partial charge in [-0.15, -0.1) is 0 Å². The second kappa shape index (κ2) is 20.0. The maximum absolute atomic E-state index is 10.4. The molecule has 0 heterocycles. The van der Waals surface area contributed by atoms with Crippen LogP contribution in [0.2, 0.25) is 0 Å². The van der Waals surface area contributed by atoms with Crippen LogP contribution < -0.4 is 9.05 Å². The average molecular weight is 424 g/mol. The zero-order chi connectivity index (χ0) is 21.8. The van der Waals surface area contributed by atoms with Crippen molar-refractivity contribution in [2.24, 2.45) is 5.92 Å². The molecule has 0 bridgehead atoms. The van der Waals surface area contributed by atoms with Crippen molar-refractivity contribution in [1.82, 2.24) is 0 Å². The van der Waals surface area contributed by atoms with Crippen molar-refractivity contribution in [1.29, 1.82) is 0 Å². The molecule has 0 aromatic heterocycles. The maximum Gasteiger partial charge on any atom is 0.132 e. The van der Waals surface area contributed by atoms with E-state index in [1.807, 2.05) is 81.4 Å². The molecule has 0 saturated heterocycles. The van der Waals surface area contributed by atoms with Crippen LogP contribution in [0.5, 0.6) is 11.5 Å². The summed E-state index contributed by atoms with van der Waals surface area (Å²) in [7, 11) is 4.39. The minimum atomic E-state index is 0.255. The third-order valence-corrected chi connectivity index (χ3v) is 4.11. The fourth-order valence-corrected chi connectivity index (χ4v) is 1.60. The lowest BCUT2D eigenvalue weighted by atomic mass is 10.1. The van der Waals surface area contributed by atoms with Gasteiger partial charge in [0.1, 0.15) is 23.1 Å². The van der Waals surface area contributed by atoms with Gasteiger partial charge in [-0.25, -0.2) is 0 Å². The predicted octanol–water partition coefficient (Wildman–Crippen LogP) is 6.32. The summed E-state index contributed by atoms with van der Waals surface area (Å²) < 4.78 is 9.66. The number of carbonyl (C=O) groups excluding carboxylic acids is 2. The number of para-hydroxylation sites is 2. The van der Waals surface area contributed by atoms with E-state index >= 15 is 0 Å². The van der Waals surface area contributed by atoms with Crippen LogP contribution in [0.15, 0.2) is 60.7 Å². The van der Waals surface area contributed by atoms with Crippen molar-refractivity contribution in [3.8, 4) is 11.5 Å². The van der Waals surface area contributed by atoms with E-state index in [-0.39, 0.29) is 11.7 Å². The van der Waals surface area contributed by atoms with Crippen molar-refractivity contribution in [3.63, 3.8) is 0 Å². The van der Waals surface area contributed by atoms with Gasteiger partial charge in [0, 0.05) is 12.3 Å². The number of benzene rings is 2. The van der Waals surface area contributed by atoms with Gasteiger partial charge >= 0.3 is 0 Å². The van der Waals surface area contributed by atoms with Crippen molar-refractivity contribution in [3.05, 3.63) is 60.7 Å². The summed E-state index contributed by atoms with van der Waals surface area (Å²) in [4.78, 5) is 20.2. The highest BCUT2D eigenvalue weighted by molar-refractivity contribution is 7.10. The maximum atomic E-state index is 10.4. The highest BCUT2D eigenvalue weighted by Crippen LogP contribution is 2.10. The summed E-state index contributed by atoms with van der Waals surface area (Å²) in [6.07, 6.45) is 1.63. The molecular weight excluding hydrogens is 390 g/mol. The summed E-state index contributed by atoms with van der Waals surface area (Å²) in [6, 6.07) is 19.2. The highest BCUT2D eigenvalue weighted by Gasteiger charge is 2.01. The Hall–Kier alpha value is -1.76. The summed E-state index contributed by atoms with van der Waals surface area (Å²) in [5.74, 6) is 2.56. The molecule has 0 aliphatic heterocycles. The quantitative estimate of drug-likeness (QED) is 0.527. The third-order valence-electron chi connectivity index (χ3n) is 3.56. The summed E-state index contributed by atoms with van der Waals surface area (Å²) >= 11 is 0. The molecular formula is C22H34O4P2. The highest BCUT2D eigenvalue weighted by atomic mass is 31.0. The van der Waals surface area contributed by atoms with Crippen molar-refractivity contribution < 1.29 is 18.6 Å². The number of carbonyl (C=O) groups is 2. The van der Waals surface area contributed by atoms with Crippen LogP contribution >= 0.6 is 18.9 Å². The number of hydrogen-bond acceptors (Lipinski definition) is 4. The Morgan fingerprint density at radius 3 is 1.25 bits per heavy atom. The molecule has 6 heteroatoms. The van der Waals surface area contributed by atoms with E-state index in [2.05, 4.69) is 18.9 Å². The normalized spacial score (nSPS) is 9.68. The standard InChI is InChI=1S/2C6H7OP.C6H12O.C4H8O/c2*8-7-6-4-2-1-3-5-6;1-4-5(2)6(3)7;1-3-4(2)5/h2*1-5H,8H2;5H,4H2,1-3H3;3H2,1-2H3. The first-order valence-corrected chi connectivity index (χ1v) is 10.1. The smallest absolute Gasteiger partial charge is 0.132 e. The summed E-state index contributed by atoms with van der Waals surface area (Å²) in [6.45, 7) is 9.03. The lowest BCUT2D eigenvalue weighted by molar-refractivity contribution is -0.120. The van der Waals surface area contributed by atoms with Crippen LogP contribution in [-0.4, -0.2) is 11.6 Å². The van der Waals surface area contributed by atoms with E-state index in [9.17, 15) is 9.59 Å². The number of rotatable bonds is 5. The number of hydrogen-bond donors (Lipinski definition) is 0. The van der Waals surface area contributed by atoms with Gasteiger partial charge in [-0.05, 0) is 44.5 Å². The average Bonchev–Trinajstić information content (AvgIpc) is 2.75. The van der Waals surface area contributed by atoms with Crippen LogP contribution in [0.3, 0.4) is 0 Å². The first kappa shape index (κ1) is 28.4. The van der Waals surface area contributed by atoms with E-state index in [0.717, 1.165) is 17.9 Å². The zero-order valence-corrected chi connectivity index (χ0v) is 19.9. The van der Waals surface area contributed by atoms with Gasteiger partial charge < -0.3 is 13.8 Å². The summed E-state index contributed by atoms with van der Waals surface area (Å²) in [5.41, 5.74) is 0. The molecule has 28 heavy (non-hydrogen) atoms. The van der Waals surface area contributed by atoms with Crippen LogP contribution in [-0.2, 0) is 9.59 Å². The van der Waals surface area contributed by atoms with Gasteiger partial charge in [-0.1, -0.05) is 57.2 Å². The molecule has 2 rings (SSSR count). The minimum absolute atomic E-state index is 0.255. The van der Waals surface area contributed by atoms with Crippen molar-refractivity contribution >= 4 is 30.5 Å². The second-order valence-corrected chi connectivity index (χ2v) is 6.31. The fourth-order valence-electron chi connectivity index (χ4n) is 1.29. The third kappa shape index (κ3) is 19.0. The molecule has 156 valence electrons. The minimum Gasteiger partial charge on any atom is -0.480 e. The van der Waals surface area contributed by atoms with Gasteiger partial charge in [0.15, 0.2) is 0 Å². The van der Waals surface area contributed by atoms with Crippen molar-refractivity contribution in [2.75, 3.05) is 0 Å². The molecule has 4 nitrogen and oxygen atoms in total. The van der Waals surface area contributed by atoms with E-state index in [1.54, 1.807) is 13.8 Å². The zero-order valence-electron chi connectivity index (χ0n) is 17.6.